The molecule has 0 aliphatic rings. The molecule has 0 aliphatic carbocycles. The number of tetrazole rings is 1. The van der Waals surface area contributed by atoms with Gasteiger partial charge in [-0.05, 0) is 29.8 Å². The number of thiazole rings is 1. The Morgan fingerprint density at radius 2 is 1.83 bits per heavy atom. The van der Waals surface area contributed by atoms with Crippen molar-refractivity contribution in [1.82, 2.24) is 35.6 Å². The number of H-pyrrole nitrogens is 1. The van der Waals surface area contributed by atoms with Crippen LogP contribution in [0.4, 0.5) is 0 Å². The van der Waals surface area contributed by atoms with Crippen LogP contribution >= 0.6 is 11.3 Å². The molecule has 1 N–H and O–H groups in total. The lowest BCUT2D eigenvalue weighted by atomic mass is 10.1. The van der Waals surface area contributed by atoms with Gasteiger partial charge < -0.3 is 4.74 Å². The predicted molar refractivity (Wildman–Crippen MR) is 109 cm³/mol. The Labute approximate surface area is 169 Å². The lowest BCUT2D eigenvalue weighted by molar-refractivity contribution is 0.306. The molecule has 5 rings (SSSR count). The summed E-state index contributed by atoms with van der Waals surface area (Å²) < 4.78 is 7.11. The van der Waals surface area contributed by atoms with E-state index >= 15 is 0 Å². The third-order valence-electron chi connectivity index (χ3n) is 4.35. The van der Waals surface area contributed by atoms with Crippen LogP contribution in [0.25, 0.3) is 33.0 Å². The summed E-state index contributed by atoms with van der Waals surface area (Å²) in [5.41, 5.74) is 4.22. The van der Waals surface area contributed by atoms with Crippen LogP contribution < -0.4 is 4.74 Å². The van der Waals surface area contributed by atoms with Gasteiger partial charge in [-0.1, -0.05) is 24.3 Å². The van der Waals surface area contributed by atoms with Crippen LogP contribution in [0, 0.1) is 6.92 Å². The third-order valence-corrected chi connectivity index (χ3v) is 5.31. The molecule has 0 atom stereocenters. The van der Waals surface area contributed by atoms with E-state index in [2.05, 4.69) is 35.6 Å². The molecule has 0 bridgehead atoms. The normalized spacial score (nSPS) is 11.1. The smallest absolute Gasteiger partial charge is 0.225 e. The van der Waals surface area contributed by atoms with Crippen LogP contribution in [0.5, 0.6) is 5.75 Å². The number of nitrogens with zero attached hydrogens (tertiary/aromatic N) is 6. The van der Waals surface area contributed by atoms with Crippen LogP contribution in [0.15, 0.2) is 54.9 Å². The highest BCUT2D eigenvalue weighted by Crippen LogP contribution is 2.27. The Balaban J connectivity index is 1.34. The van der Waals surface area contributed by atoms with E-state index in [1.165, 1.54) is 4.70 Å². The highest BCUT2D eigenvalue weighted by Gasteiger charge is 2.13. The van der Waals surface area contributed by atoms with Gasteiger partial charge in [0.2, 0.25) is 5.82 Å². The van der Waals surface area contributed by atoms with Crippen LogP contribution in [-0.4, -0.2) is 35.6 Å². The quantitative estimate of drug-likeness (QED) is 0.477. The summed E-state index contributed by atoms with van der Waals surface area (Å²) in [6, 6.07) is 14.0. The molecule has 5 aromatic rings. The third kappa shape index (κ3) is 3.55. The fourth-order valence-corrected chi connectivity index (χ4v) is 3.82. The number of aryl methyl sites for hydroxylation is 1. The molecule has 0 radical (unpaired) electrons. The van der Waals surface area contributed by atoms with Gasteiger partial charge in [0.05, 0.1) is 20.9 Å². The van der Waals surface area contributed by atoms with Crippen LogP contribution in [0.2, 0.25) is 0 Å². The fourth-order valence-electron chi connectivity index (χ4n) is 3.01. The molecule has 0 unspecified atom stereocenters. The lowest BCUT2D eigenvalue weighted by Crippen LogP contribution is -1.97. The number of aromatic amines is 1. The maximum absolute atomic E-state index is 5.94. The summed E-state index contributed by atoms with van der Waals surface area (Å²) in [5.74, 6) is 1.22. The van der Waals surface area contributed by atoms with Gasteiger partial charge in [0.25, 0.3) is 0 Å². The second-order valence-electron chi connectivity index (χ2n) is 6.34. The van der Waals surface area contributed by atoms with Crippen molar-refractivity contribution in [1.29, 1.82) is 0 Å². The summed E-state index contributed by atoms with van der Waals surface area (Å²) in [4.78, 5) is 13.3. The molecule has 0 aliphatic heterocycles. The van der Waals surface area contributed by atoms with E-state index in [1.807, 2.05) is 49.4 Å². The number of ether oxygens (including phenoxy) is 1. The maximum atomic E-state index is 5.94. The average Bonchev–Trinajstić information content (AvgIpc) is 3.41. The van der Waals surface area contributed by atoms with E-state index in [1.54, 1.807) is 23.7 Å². The van der Waals surface area contributed by atoms with Crippen molar-refractivity contribution in [2.45, 2.75) is 13.5 Å². The van der Waals surface area contributed by atoms with Gasteiger partial charge in [0.15, 0.2) is 0 Å². The second kappa shape index (κ2) is 7.36. The van der Waals surface area contributed by atoms with Gasteiger partial charge in [-0.25, -0.2) is 9.97 Å². The Morgan fingerprint density at radius 1 is 1.00 bits per heavy atom. The van der Waals surface area contributed by atoms with Crippen molar-refractivity contribution in [3.8, 4) is 28.5 Å². The van der Waals surface area contributed by atoms with E-state index in [0.717, 1.165) is 27.4 Å². The monoisotopic (exact) mass is 401 g/mol. The SMILES string of the molecule is Cc1nc2cc(OCc3ccc(-c4nccnc4-c4nn[nH]n4)cc3)ccc2s1. The lowest BCUT2D eigenvalue weighted by Gasteiger charge is -2.08. The number of nitrogens with one attached hydrogen (secondary N) is 1. The van der Waals surface area contributed by atoms with Crippen LogP contribution in [-0.2, 0) is 6.61 Å². The molecule has 8 nitrogen and oxygen atoms in total. The van der Waals surface area contributed by atoms with Crippen molar-refractivity contribution in [3.63, 3.8) is 0 Å². The van der Waals surface area contributed by atoms with Gasteiger partial charge >= 0.3 is 0 Å². The Hall–Kier alpha value is -3.72. The highest BCUT2D eigenvalue weighted by atomic mass is 32.1. The zero-order chi connectivity index (χ0) is 19.6. The number of benzene rings is 2. The molecule has 0 fully saturated rings. The number of hydrogen-bond acceptors (Lipinski definition) is 8. The van der Waals surface area contributed by atoms with Crippen molar-refractivity contribution in [2.75, 3.05) is 0 Å². The highest BCUT2D eigenvalue weighted by molar-refractivity contribution is 7.18. The standard InChI is InChI=1S/C20H15N7OS/c1-12-23-16-10-15(6-7-17(16)29-12)28-11-13-2-4-14(5-3-13)18-19(22-9-8-21-18)20-24-26-27-25-20/h2-10H,11H2,1H3,(H,24,25,26,27). The Bertz CT molecular complexity index is 1270. The molecule has 29 heavy (non-hydrogen) atoms. The van der Waals surface area contributed by atoms with Crippen molar-refractivity contribution < 1.29 is 4.74 Å². The number of aromatic nitrogens is 7. The second-order valence-corrected chi connectivity index (χ2v) is 7.57. The van der Waals surface area contributed by atoms with Gasteiger partial charge in [-0.2, -0.15) is 5.21 Å². The van der Waals surface area contributed by atoms with Crippen molar-refractivity contribution >= 4 is 21.6 Å². The van der Waals surface area contributed by atoms with Gasteiger partial charge in [-0.3, -0.25) is 4.98 Å². The van der Waals surface area contributed by atoms with E-state index in [-0.39, 0.29) is 0 Å². The largest absolute Gasteiger partial charge is 0.489 e. The molecule has 3 heterocycles. The molecular weight excluding hydrogens is 386 g/mol. The molecule has 3 aromatic heterocycles. The zero-order valence-electron chi connectivity index (χ0n) is 15.4. The molecule has 0 saturated carbocycles. The zero-order valence-corrected chi connectivity index (χ0v) is 16.2. The molecule has 9 heteroatoms. The number of fused-ring (bicyclic) bond motifs is 1. The summed E-state index contributed by atoms with van der Waals surface area (Å²) in [7, 11) is 0. The summed E-state index contributed by atoms with van der Waals surface area (Å²) in [5, 5.41) is 15.1. The predicted octanol–water partition coefficient (Wildman–Crippen LogP) is 3.82. The van der Waals surface area contributed by atoms with Crippen molar-refractivity contribution in [2.24, 2.45) is 0 Å². The molecule has 142 valence electrons. The van der Waals surface area contributed by atoms with Crippen molar-refractivity contribution in [3.05, 3.63) is 65.4 Å². The van der Waals surface area contributed by atoms with E-state index in [0.29, 0.717) is 23.8 Å². The summed E-state index contributed by atoms with van der Waals surface area (Å²) >= 11 is 1.68. The fraction of sp³-hybridized carbons (Fsp3) is 0.100. The first-order valence-electron chi connectivity index (χ1n) is 8.90. The first kappa shape index (κ1) is 17.4. The number of hydrogen-bond donors (Lipinski definition) is 1. The minimum absolute atomic E-state index is 0.410. The van der Waals surface area contributed by atoms with Gasteiger partial charge in [0.1, 0.15) is 18.1 Å². The van der Waals surface area contributed by atoms with E-state index < -0.39 is 0 Å². The van der Waals surface area contributed by atoms with E-state index in [9.17, 15) is 0 Å². The Morgan fingerprint density at radius 3 is 2.62 bits per heavy atom. The first-order valence-corrected chi connectivity index (χ1v) is 9.72. The van der Waals surface area contributed by atoms with Crippen LogP contribution in [0.3, 0.4) is 0 Å². The molecule has 0 amide bonds. The minimum Gasteiger partial charge on any atom is -0.489 e. The summed E-state index contributed by atoms with van der Waals surface area (Å²) in [6.45, 7) is 2.47. The van der Waals surface area contributed by atoms with Gasteiger partial charge in [-0.15, -0.1) is 21.5 Å². The average molecular weight is 401 g/mol. The van der Waals surface area contributed by atoms with Crippen LogP contribution in [0.1, 0.15) is 10.6 Å². The molecule has 0 spiro atoms. The number of rotatable bonds is 5. The minimum atomic E-state index is 0.410. The maximum Gasteiger partial charge on any atom is 0.225 e. The topological polar surface area (TPSA) is 102 Å². The molecular formula is C20H15N7OS. The summed E-state index contributed by atoms with van der Waals surface area (Å²) in [6.07, 6.45) is 3.25. The van der Waals surface area contributed by atoms with E-state index in [4.69, 9.17) is 4.74 Å². The molecule has 0 saturated heterocycles. The molecule has 2 aromatic carbocycles. The Kier molecular flexibility index (Phi) is 4.41. The first-order chi connectivity index (χ1) is 14.3. The van der Waals surface area contributed by atoms with Gasteiger partial charge in [0, 0.05) is 24.0 Å².